The Morgan fingerprint density at radius 3 is 2.53 bits per heavy atom. The van der Waals surface area contributed by atoms with Gasteiger partial charge in [0.25, 0.3) is 0 Å². The van der Waals surface area contributed by atoms with Crippen LogP contribution in [0, 0.1) is 18.7 Å². The number of nitrogens with zero attached hydrogens (tertiary/aromatic N) is 1. The molecule has 0 aromatic heterocycles. The molecule has 19 heavy (non-hydrogen) atoms. The Kier molecular flexibility index (Phi) is 3.35. The molecule has 2 aliphatic rings. The second-order valence-corrected chi connectivity index (χ2v) is 6.33. The molecule has 0 aliphatic carbocycles. The molecule has 2 aliphatic heterocycles. The normalized spacial score (nSPS) is 32.5. The van der Waals surface area contributed by atoms with E-state index in [9.17, 15) is 4.39 Å². The Hall–Kier alpha value is -0.930. The largest absolute Gasteiger partial charge is 0.324 e. The number of benzene rings is 1. The van der Waals surface area contributed by atoms with Gasteiger partial charge in [-0.15, -0.1) is 0 Å². The lowest BCUT2D eigenvalue weighted by molar-refractivity contribution is 0.120. The first kappa shape index (κ1) is 13.1. The molecule has 2 heterocycles. The summed E-state index contributed by atoms with van der Waals surface area (Å²) in [6.45, 7) is 1.99. The molecule has 2 N–H and O–H groups in total. The average Bonchev–Trinajstić information content (AvgIpc) is 2.64. The minimum atomic E-state index is -0.156. The Bertz CT molecular complexity index is 460. The molecule has 0 saturated carbocycles. The maximum absolute atomic E-state index is 14.0. The van der Waals surface area contributed by atoms with Gasteiger partial charge in [-0.25, -0.2) is 4.39 Å². The van der Waals surface area contributed by atoms with E-state index in [0.29, 0.717) is 23.6 Å². The molecule has 3 unspecified atom stereocenters. The number of hydrogen-bond acceptors (Lipinski definition) is 2. The van der Waals surface area contributed by atoms with Gasteiger partial charge in [-0.1, -0.05) is 17.7 Å². The molecule has 2 nitrogen and oxygen atoms in total. The second kappa shape index (κ2) is 4.88. The Morgan fingerprint density at radius 1 is 1.26 bits per heavy atom. The molecule has 2 saturated heterocycles. The standard InChI is InChI=1S/C16H23FN2/c1-10-3-6-15(17)14(7-10)16(18)11-8-12-4-5-13(9-11)19(12)2/h3,6-7,11-13,16H,4-5,8-9,18H2,1-2H3. The first-order valence-corrected chi connectivity index (χ1v) is 7.30. The molecule has 3 rings (SSSR count). The second-order valence-electron chi connectivity index (χ2n) is 6.33. The molecule has 3 atom stereocenters. The van der Waals surface area contributed by atoms with Crippen molar-refractivity contribution in [1.82, 2.24) is 4.90 Å². The number of fused-ring (bicyclic) bond motifs is 2. The molecule has 2 bridgehead atoms. The fourth-order valence-corrected chi connectivity index (χ4v) is 3.92. The molecule has 2 fully saturated rings. The highest BCUT2D eigenvalue weighted by molar-refractivity contribution is 5.27. The Morgan fingerprint density at radius 2 is 1.89 bits per heavy atom. The lowest BCUT2D eigenvalue weighted by atomic mass is 9.82. The summed E-state index contributed by atoms with van der Waals surface area (Å²) in [4.78, 5) is 2.50. The van der Waals surface area contributed by atoms with Crippen LogP contribution in [0.3, 0.4) is 0 Å². The topological polar surface area (TPSA) is 29.3 Å². The summed E-state index contributed by atoms with van der Waals surface area (Å²) in [5, 5.41) is 0. The third-order valence-electron chi connectivity index (χ3n) is 5.15. The van der Waals surface area contributed by atoms with E-state index in [2.05, 4.69) is 11.9 Å². The van der Waals surface area contributed by atoms with Gasteiger partial charge in [0, 0.05) is 23.7 Å². The lowest BCUT2D eigenvalue weighted by Gasteiger charge is -2.39. The van der Waals surface area contributed by atoms with Gasteiger partial charge in [0.1, 0.15) is 5.82 Å². The van der Waals surface area contributed by atoms with Crippen molar-refractivity contribution >= 4 is 0 Å². The van der Waals surface area contributed by atoms with Crippen LogP contribution in [0.25, 0.3) is 0 Å². The fraction of sp³-hybridized carbons (Fsp3) is 0.625. The van der Waals surface area contributed by atoms with Crippen molar-refractivity contribution in [1.29, 1.82) is 0 Å². The van der Waals surface area contributed by atoms with E-state index in [1.165, 1.54) is 12.8 Å². The summed E-state index contributed by atoms with van der Waals surface area (Å²) >= 11 is 0. The third kappa shape index (κ3) is 2.30. The van der Waals surface area contributed by atoms with Crippen molar-refractivity contribution in [3.63, 3.8) is 0 Å². The summed E-state index contributed by atoms with van der Waals surface area (Å²) in [5.74, 6) is 0.273. The average molecular weight is 262 g/mol. The van der Waals surface area contributed by atoms with Crippen LogP contribution in [0.15, 0.2) is 18.2 Å². The van der Waals surface area contributed by atoms with Crippen LogP contribution in [0.4, 0.5) is 4.39 Å². The smallest absolute Gasteiger partial charge is 0.127 e. The van der Waals surface area contributed by atoms with E-state index in [4.69, 9.17) is 5.73 Å². The van der Waals surface area contributed by atoms with Gasteiger partial charge in [-0.05, 0) is 51.6 Å². The SMILES string of the molecule is Cc1ccc(F)c(C(N)C2CC3CCC(C2)N3C)c1. The summed E-state index contributed by atoms with van der Waals surface area (Å²) < 4.78 is 14.0. The van der Waals surface area contributed by atoms with Crippen molar-refractivity contribution in [3.8, 4) is 0 Å². The number of aryl methyl sites for hydroxylation is 1. The van der Waals surface area contributed by atoms with Gasteiger partial charge in [-0.3, -0.25) is 0 Å². The fourth-order valence-electron chi connectivity index (χ4n) is 3.92. The van der Waals surface area contributed by atoms with E-state index < -0.39 is 0 Å². The minimum absolute atomic E-state index is 0.149. The zero-order valence-corrected chi connectivity index (χ0v) is 11.8. The first-order chi connectivity index (χ1) is 9.06. The number of nitrogens with two attached hydrogens (primary N) is 1. The summed E-state index contributed by atoms with van der Waals surface area (Å²) in [6, 6.07) is 6.43. The first-order valence-electron chi connectivity index (χ1n) is 7.30. The maximum atomic E-state index is 14.0. The van der Waals surface area contributed by atoms with Gasteiger partial charge in [0.05, 0.1) is 0 Å². The van der Waals surface area contributed by atoms with Crippen LogP contribution in [-0.2, 0) is 0 Å². The van der Waals surface area contributed by atoms with Crippen LogP contribution in [-0.4, -0.2) is 24.0 Å². The van der Waals surface area contributed by atoms with E-state index in [-0.39, 0.29) is 11.9 Å². The minimum Gasteiger partial charge on any atom is -0.324 e. The van der Waals surface area contributed by atoms with Crippen molar-refractivity contribution < 1.29 is 4.39 Å². The molecule has 1 aromatic carbocycles. The molecule has 104 valence electrons. The molecule has 3 heteroatoms. The summed E-state index contributed by atoms with van der Waals surface area (Å²) in [7, 11) is 2.22. The Labute approximate surface area is 114 Å². The number of rotatable bonds is 2. The monoisotopic (exact) mass is 262 g/mol. The van der Waals surface area contributed by atoms with E-state index in [1.54, 1.807) is 6.07 Å². The van der Waals surface area contributed by atoms with Crippen molar-refractivity contribution in [2.24, 2.45) is 11.7 Å². The van der Waals surface area contributed by atoms with Crippen molar-refractivity contribution in [2.75, 3.05) is 7.05 Å². The van der Waals surface area contributed by atoms with Crippen molar-refractivity contribution in [2.45, 2.75) is 50.7 Å². The molecular formula is C16H23FN2. The number of halogens is 1. The molecule has 0 radical (unpaired) electrons. The zero-order valence-electron chi connectivity index (χ0n) is 11.8. The molecule has 0 spiro atoms. The van der Waals surface area contributed by atoms with Crippen LogP contribution < -0.4 is 5.73 Å². The maximum Gasteiger partial charge on any atom is 0.127 e. The molecule has 0 amide bonds. The quantitative estimate of drug-likeness (QED) is 0.887. The summed E-state index contributed by atoms with van der Waals surface area (Å²) in [5.41, 5.74) is 8.17. The zero-order chi connectivity index (χ0) is 13.6. The van der Waals surface area contributed by atoms with Gasteiger partial charge in [0.2, 0.25) is 0 Å². The predicted molar refractivity (Wildman–Crippen MR) is 75.4 cm³/mol. The molecule has 1 aromatic rings. The van der Waals surface area contributed by atoms with E-state index in [1.807, 2.05) is 19.1 Å². The lowest BCUT2D eigenvalue weighted by Crippen LogP contribution is -2.42. The summed E-state index contributed by atoms with van der Waals surface area (Å²) in [6.07, 6.45) is 4.78. The van der Waals surface area contributed by atoms with Crippen LogP contribution >= 0.6 is 0 Å². The van der Waals surface area contributed by atoms with Crippen LogP contribution in [0.5, 0.6) is 0 Å². The van der Waals surface area contributed by atoms with Crippen LogP contribution in [0.1, 0.15) is 42.9 Å². The van der Waals surface area contributed by atoms with E-state index >= 15 is 0 Å². The van der Waals surface area contributed by atoms with Gasteiger partial charge in [0.15, 0.2) is 0 Å². The van der Waals surface area contributed by atoms with Gasteiger partial charge < -0.3 is 10.6 Å². The number of piperidine rings is 1. The highest BCUT2D eigenvalue weighted by Crippen LogP contribution is 2.42. The van der Waals surface area contributed by atoms with Crippen molar-refractivity contribution in [3.05, 3.63) is 35.1 Å². The third-order valence-corrected chi connectivity index (χ3v) is 5.15. The number of hydrogen-bond donors (Lipinski definition) is 1. The Balaban J connectivity index is 1.81. The van der Waals surface area contributed by atoms with Crippen LogP contribution in [0.2, 0.25) is 0 Å². The highest BCUT2D eigenvalue weighted by atomic mass is 19.1. The van der Waals surface area contributed by atoms with Gasteiger partial charge >= 0.3 is 0 Å². The van der Waals surface area contributed by atoms with E-state index in [0.717, 1.165) is 18.4 Å². The predicted octanol–water partition coefficient (Wildman–Crippen LogP) is 3.01. The van der Waals surface area contributed by atoms with Gasteiger partial charge in [-0.2, -0.15) is 0 Å². The molecular weight excluding hydrogens is 239 g/mol. The highest BCUT2D eigenvalue weighted by Gasteiger charge is 2.40.